The standard InChI is InChI=1S/C22H32FN3O6/c1-14-11-17-18(27)25-22(20(29)30)12-15(22)7-5-3-2-4-6-8-16(19(28)26(17)13-14)24-21(31)32-10-9-23/h5,7,14-17H,2-4,6,8-13H2,1H3,(H,24,31)(H,25,27)(H,29,30)/b7-5-/t14-,15-,16+,17+,22-/m1/s1. The van der Waals surface area contributed by atoms with E-state index in [0.29, 0.717) is 32.2 Å². The molecule has 0 aromatic carbocycles. The summed E-state index contributed by atoms with van der Waals surface area (Å²) in [7, 11) is 0. The number of alkyl carbamates (subject to hydrolysis) is 1. The van der Waals surface area contributed by atoms with Crippen molar-refractivity contribution >= 4 is 23.9 Å². The summed E-state index contributed by atoms with van der Waals surface area (Å²) in [6.45, 7) is 1.03. The van der Waals surface area contributed by atoms with E-state index in [-0.39, 0.29) is 11.8 Å². The molecule has 0 bridgehead atoms. The van der Waals surface area contributed by atoms with E-state index in [1.807, 2.05) is 19.1 Å². The van der Waals surface area contributed by atoms with Gasteiger partial charge in [0.25, 0.3) is 0 Å². The molecule has 0 spiro atoms. The largest absolute Gasteiger partial charge is 0.479 e. The molecule has 5 atom stereocenters. The Balaban J connectivity index is 1.81. The first kappa shape index (κ1) is 24.0. The monoisotopic (exact) mass is 453 g/mol. The number of fused-ring (bicyclic) bond motifs is 2. The quantitative estimate of drug-likeness (QED) is 0.557. The number of ether oxygens (including phenoxy) is 1. The van der Waals surface area contributed by atoms with Crippen LogP contribution >= 0.6 is 0 Å². The summed E-state index contributed by atoms with van der Waals surface area (Å²) in [5, 5.41) is 15.0. The summed E-state index contributed by atoms with van der Waals surface area (Å²) in [6, 6.07) is -1.71. The van der Waals surface area contributed by atoms with Gasteiger partial charge < -0.3 is 25.4 Å². The predicted octanol–water partition coefficient (Wildman–Crippen LogP) is 1.77. The fourth-order valence-corrected chi connectivity index (χ4v) is 4.63. The van der Waals surface area contributed by atoms with Crippen LogP contribution in [0.2, 0.25) is 0 Å². The van der Waals surface area contributed by atoms with Crippen molar-refractivity contribution in [2.45, 2.75) is 69.5 Å². The van der Waals surface area contributed by atoms with Crippen LogP contribution < -0.4 is 10.6 Å². The minimum absolute atomic E-state index is 0.0448. The summed E-state index contributed by atoms with van der Waals surface area (Å²) in [5.74, 6) is -2.20. The number of allylic oxidation sites excluding steroid dienone is 1. The van der Waals surface area contributed by atoms with Gasteiger partial charge in [-0.05, 0) is 38.0 Å². The van der Waals surface area contributed by atoms with Gasteiger partial charge in [-0.3, -0.25) is 9.59 Å². The predicted molar refractivity (Wildman–Crippen MR) is 112 cm³/mol. The number of hydrogen-bond acceptors (Lipinski definition) is 5. The second-order valence-electron chi connectivity index (χ2n) is 9.01. The first-order valence-corrected chi connectivity index (χ1v) is 11.3. The minimum Gasteiger partial charge on any atom is -0.479 e. The molecule has 3 rings (SSSR count). The van der Waals surface area contributed by atoms with Gasteiger partial charge in [0.1, 0.15) is 30.9 Å². The average molecular weight is 454 g/mol. The number of nitrogens with one attached hydrogen (secondary N) is 2. The van der Waals surface area contributed by atoms with Crippen molar-refractivity contribution in [3.05, 3.63) is 12.2 Å². The lowest BCUT2D eigenvalue weighted by Crippen LogP contribution is -2.56. The zero-order chi connectivity index (χ0) is 23.3. The highest BCUT2D eigenvalue weighted by molar-refractivity contribution is 5.96. The van der Waals surface area contributed by atoms with Gasteiger partial charge in [-0.1, -0.05) is 31.9 Å². The Bertz CT molecular complexity index is 775. The Morgan fingerprint density at radius 2 is 2.12 bits per heavy atom. The molecule has 32 heavy (non-hydrogen) atoms. The molecule has 2 heterocycles. The van der Waals surface area contributed by atoms with Crippen molar-refractivity contribution in [2.24, 2.45) is 11.8 Å². The van der Waals surface area contributed by atoms with Gasteiger partial charge >= 0.3 is 12.1 Å². The zero-order valence-corrected chi connectivity index (χ0v) is 18.3. The minimum atomic E-state index is -1.33. The van der Waals surface area contributed by atoms with Crippen LogP contribution in [0.15, 0.2) is 12.2 Å². The van der Waals surface area contributed by atoms with Gasteiger partial charge in [0.2, 0.25) is 11.8 Å². The Hall–Kier alpha value is -2.65. The van der Waals surface area contributed by atoms with E-state index in [1.54, 1.807) is 0 Å². The third kappa shape index (κ3) is 5.39. The highest BCUT2D eigenvalue weighted by atomic mass is 19.1. The van der Waals surface area contributed by atoms with Gasteiger partial charge in [-0.15, -0.1) is 0 Å². The molecule has 1 saturated carbocycles. The molecule has 0 unspecified atom stereocenters. The molecule has 2 aliphatic heterocycles. The SMILES string of the molecule is C[C@@H]1C[C@H]2C(=O)N[C@]3(C(=O)O)C[C@H]3/C=C\CCCCC[C@H](NC(=O)OCCF)C(=O)N2C1. The van der Waals surface area contributed by atoms with E-state index in [9.17, 15) is 28.7 Å². The molecule has 1 saturated heterocycles. The Morgan fingerprint density at radius 3 is 2.84 bits per heavy atom. The lowest BCUT2D eigenvalue weighted by molar-refractivity contribution is -0.145. The smallest absolute Gasteiger partial charge is 0.407 e. The van der Waals surface area contributed by atoms with Crippen LogP contribution in [0.4, 0.5) is 9.18 Å². The second-order valence-corrected chi connectivity index (χ2v) is 9.01. The zero-order valence-electron chi connectivity index (χ0n) is 18.3. The van der Waals surface area contributed by atoms with Crippen molar-refractivity contribution in [3.63, 3.8) is 0 Å². The average Bonchev–Trinajstić information content (AvgIpc) is 3.30. The molecule has 0 aromatic heterocycles. The Morgan fingerprint density at radius 1 is 1.34 bits per heavy atom. The fourth-order valence-electron chi connectivity index (χ4n) is 4.63. The molecule has 0 aromatic rings. The molecular weight excluding hydrogens is 421 g/mol. The number of carbonyl (C=O) groups excluding carboxylic acids is 3. The molecule has 0 radical (unpaired) electrons. The highest BCUT2D eigenvalue weighted by Gasteiger charge is 2.61. The molecule has 3 N–H and O–H groups in total. The maximum atomic E-state index is 13.3. The summed E-state index contributed by atoms with van der Waals surface area (Å²) in [4.78, 5) is 51.8. The number of halogens is 1. The van der Waals surface area contributed by atoms with E-state index >= 15 is 0 Å². The van der Waals surface area contributed by atoms with Gasteiger partial charge in [-0.2, -0.15) is 0 Å². The van der Waals surface area contributed by atoms with Crippen LogP contribution in [-0.2, 0) is 19.1 Å². The molecule has 1 aliphatic carbocycles. The highest BCUT2D eigenvalue weighted by Crippen LogP contribution is 2.45. The first-order valence-electron chi connectivity index (χ1n) is 11.3. The van der Waals surface area contributed by atoms with Crippen molar-refractivity contribution < 1.29 is 33.4 Å². The third-order valence-electron chi connectivity index (χ3n) is 6.47. The van der Waals surface area contributed by atoms with E-state index in [2.05, 4.69) is 10.6 Å². The first-order chi connectivity index (χ1) is 15.3. The van der Waals surface area contributed by atoms with E-state index in [0.717, 1.165) is 19.3 Å². The van der Waals surface area contributed by atoms with Gasteiger partial charge in [0, 0.05) is 12.5 Å². The molecule has 9 nitrogen and oxygen atoms in total. The molecule has 3 amide bonds. The Labute approximate surface area is 186 Å². The van der Waals surface area contributed by atoms with Crippen molar-refractivity contribution in [3.8, 4) is 0 Å². The van der Waals surface area contributed by atoms with Crippen molar-refractivity contribution in [2.75, 3.05) is 19.8 Å². The van der Waals surface area contributed by atoms with Gasteiger partial charge in [0.15, 0.2) is 0 Å². The number of carboxylic acid groups (broad SMARTS) is 1. The molecule has 2 fully saturated rings. The summed E-state index contributed by atoms with van der Waals surface area (Å²) in [6.07, 6.45) is 7.15. The van der Waals surface area contributed by atoms with Crippen molar-refractivity contribution in [1.29, 1.82) is 0 Å². The number of alkyl halides is 1. The van der Waals surface area contributed by atoms with Crippen LogP contribution in [-0.4, -0.2) is 71.3 Å². The van der Waals surface area contributed by atoms with E-state index in [4.69, 9.17) is 4.74 Å². The van der Waals surface area contributed by atoms with E-state index < -0.39 is 54.8 Å². The summed E-state index contributed by atoms with van der Waals surface area (Å²) in [5.41, 5.74) is -1.33. The lowest BCUT2D eigenvalue weighted by Gasteiger charge is -2.29. The molecular formula is C22H32FN3O6. The topological polar surface area (TPSA) is 125 Å². The second kappa shape index (κ2) is 10.3. The maximum Gasteiger partial charge on any atom is 0.407 e. The normalized spacial score (nSPS) is 34.2. The van der Waals surface area contributed by atoms with Crippen molar-refractivity contribution in [1.82, 2.24) is 15.5 Å². The molecule has 3 aliphatic rings. The summed E-state index contributed by atoms with van der Waals surface area (Å²) >= 11 is 0. The number of rotatable bonds is 4. The number of nitrogens with zero attached hydrogens (tertiary/aromatic N) is 1. The number of hydrogen-bond donors (Lipinski definition) is 3. The number of amides is 3. The lowest BCUT2D eigenvalue weighted by atomic mass is 10.0. The number of carboxylic acids is 1. The number of aliphatic carboxylic acids is 1. The maximum absolute atomic E-state index is 13.3. The van der Waals surface area contributed by atoms with Gasteiger partial charge in [-0.25, -0.2) is 14.0 Å². The Kier molecular flexibility index (Phi) is 7.73. The fraction of sp³-hybridized carbons (Fsp3) is 0.727. The third-order valence-corrected chi connectivity index (χ3v) is 6.47. The van der Waals surface area contributed by atoms with Crippen LogP contribution in [0.3, 0.4) is 0 Å². The van der Waals surface area contributed by atoms with Gasteiger partial charge in [0.05, 0.1) is 0 Å². The van der Waals surface area contributed by atoms with E-state index in [1.165, 1.54) is 4.90 Å². The van der Waals surface area contributed by atoms with Crippen LogP contribution in [0, 0.1) is 11.8 Å². The van der Waals surface area contributed by atoms with Crippen LogP contribution in [0.25, 0.3) is 0 Å². The number of carbonyl (C=O) groups is 4. The van der Waals surface area contributed by atoms with Crippen LogP contribution in [0.5, 0.6) is 0 Å². The molecule has 10 heteroatoms. The summed E-state index contributed by atoms with van der Waals surface area (Å²) < 4.78 is 17.1. The molecule has 178 valence electrons. The van der Waals surface area contributed by atoms with Crippen LogP contribution in [0.1, 0.15) is 51.9 Å².